The number of carbonyl (C=O) groups excluding carboxylic acids is 1. The summed E-state index contributed by atoms with van der Waals surface area (Å²) in [5.74, 6) is -0.241. The molecule has 0 bridgehead atoms. The molecule has 1 aliphatic rings. The highest BCUT2D eigenvalue weighted by Gasteiger charge is 2.36. The van der Waals surface area contributed by atoms with Gasteiger partial charge >= 0.3 is 0 Å². The van der Waals surface area contributed by atoms with E-state index in [4.69, 9.17) is 5.73 Å². The Morgan fingerprint density at radius 2 is 1.75 bits per heavy atom. The molecular weight excluding hydrogens is 355 g/mol. The summed E-state index contributed by atoms with van der Waals surface area (Å²) >= 11 is 0. The molecule has 2 aromatic carbocycles. The molecule has 3 aromatic rings. The number of halogens is 1. The number of benzene rings is 2. The van der Waals surface area contributed by atoms with Crippen LogP contribution in [-0.4, -0.2) is 39.7 Å². The molecule has 0 aliphatic carbocycles. The Morgan fingerprint density at radius 1 is 1.07 bits per heavy atom. The maximum Gasteiger partial charge on any atom is 0.257 e. The second kappa shape index (κ2) is 7.20. The predicted octanol–water partition coefficient (Wildman–Crippen LogP) is 3.20. The fourth-order valence-corrected chi connectivity index (χ4v) is 3.99. The van der Waals surface area contributed by atoms with Gasteiger partial charge in [-0.25, -0.2) is 9.07 Å². The molecule has 2 unspecified atom stereocenters. The monoisotopic (exact) mass is 378 g/mol. The molecule has 6 heteroatoms. The summed E-state index contributed by atoms with van der Waals surface area (Å²) in [6, 6.07) is 16.1. The number of nitrogens with zero attached hydrogens (tertiary/aromatic N) is 3. The van der Waals surface area contributed by atoms with Crippen molar-refractivity contribution in [1.82, 2.24) is 14.7 Å². The smallest absolute Gasteiger partial charge is 0.257 e. The van der Waals surface area contributed by atoms with Crippen molar-refractivity contribution >= 4 is 5.91 Å². The number of hydrogen-bond acceptors (Lipinski definition) is 3. The van der Waals surface area contributed by atoms with Crippen molar-refractivity contribution in [2.24, 2.45) is 5.73 Å². The van der Waals surface area contributed by atoms with Gasteiger partial charge in [-0.2, -0.15) is 5.10 Å². The number of rotatable bonds is 3. The second-order valence-electron chi connectivity index (χ2n) is 7.33. The van der Waals surface area contributed by atoms with Crippen molar-refractivity contribution in [3.05, 3.63) is 82.9 Å². The molecule has 144 valence electrons. The summed E-state index contributed by atoms with van der Waals surface area (Å²) in [6.07, 6.45) is 0. The largest absolute Gasteiger partial charge is 0.336 e. The normalized spacial score (nSPS) is 19.2. The van der Waals surface area contributed by atoms with Gasteiger partial charge in [-0.15, -0.1) is 0 Å². The summed E-state index contributed by atoms with van der Waals surface area (Å²) in [4.78, 5) is 15.1. The molecule has 1 aliphatic heterocycles. The average Bonchev–Trinajstić information content (AvgIpc) is 3.22. The number of amides is 1. The van der Waals surface area contributed by atoms with Gasteiger partial charge in [0.1, 0.15) is 5.82 Å². The number of likely N-dealkylation sites (tertiary alicyclic amines) is 1. The van der Waals surface area contributed by atoms with Crippen LogP contribution in [0, 0.1) is 19.7 Å². The zero-order chi connectivity index (χ0) is 19.8. The molecule has 1 fully saturated rings. The van der Waals surface area contributed by atoms with Gasteiger partial charge in [0.15, 0.2) is 0 Å². The van der Waals surface area contributed by atoms with Crippen LogP contribution in [0.2, 0.25) is 0 Å². The first-order valence-electron chi connectivity index (χ1n) is 9.37. The van der Waals surface area contributed by atoms with Crippen molar-refractivity contribution in [2.45, 2.75) is 25.8 Å². The van der Waals surface area contributed by atoms with E-state index in [1.54, 1.807) is 16.8 Å². The minimum absolute atomic E-state index is 0.0581. The topological polar surface area (TPSA) is 64.2 Å². The van der Waals surface area contributed by atoms with Crippen LogP contribution in [0.15, 0.2) is 54.6 Å². The van der Waals surface area contributed by atoms with Crippen molar-refractivity contribution in [2.75, 3.05) is 13.1 Å². The lowest BCUT2D eigenvalue weighted by atomic mass is 9.95. The maximum absolute atomic E-state index is 13.3. The van der Waals surface area contributed by atoms with E-state index >= 15 is 0 Å². The standard InChI is InChI=1S/C22H23FN4O/c1-14-21(15(2)27(25-14)18-10-8-17(23)9-11-18)22(28)26-12-19(20(24)13-26)16-6-4-3-5-7-16/h3-11,19-20H,12-13,24H2,1-2H3. The fourth-order valence-electron chi connectivity index (χ4n) is 3.99. The molecule has 1 amide bonds. The van der Waals surface area contributed by atoms with Crippen LogP contribution < -0.4 is 5.73 Å². The number of nitrogens with two attached hydrogens (primary N) is 1. The Kier molecular flexibility index (Phi) is 4.73. The average molecular weight is 378 g/mol. The van der Waals surface area contributed by atoms with E-state index in [1.165, 1.54) is 12.1 Å². The number of aromatic nitrogens is 2. The molecule has 0 saturated carbocycles. The molecule has 1 aromatic heterocycles. The van der Waals surface area contributed by atoms with Gasteiger partial charge in [0.05, 0.1) is 22.6 Å². The van der Waals surface area contributed by atoms with Gasteiger partial charge in [0.2, 0.25) is 0 Å². The highest BCUT2D eigenvalue weighted by molar-refractivity contribution is 5.97. The summed E-state index contributed by atoms with van der Waals surface area (Å²) < 4.78 is 14.9. The van der Waals surface area contributed by atoms with Gasteiger partial charge in [0, 0.05) is 25.0 Å². The van der Waals surface area contributed by atoms with Crippen LogP contribution in [0.25, 0.3) is 5.69 Å². The van der Waals surface area contributed by atoms with Crippen molar-refractivity contribution in [1.29, 1.82) is 0 Å². The third-order valence-corrected chi connectivity index (χ3v) is 5.46. The molecule has 1 saturated heterocycles. The molecular formula is C22H23FN4O. The first-order chi connectivity index (χ1) is 13.5. The molecule has 5 nitrogen and oxygen atoms in total. The van der Waals surface area contributed by atoms with E-state index in [9.17, 15) is 9.18 Å². The molecule has 2 heterocycles. The first-order valence-corrected chi connectivity index (χ1v) is 9.37. The lowest BCUT2D eigenvalue weighted by Crippen LogP contribution is -2.32. The Hall–Kier alpha value is -2.99. The van der Waals surface area contributed by atoms with Gasteiger partial charge in [-0.3, -0.25) is 4.79 Å². The number of aryl methyl sites for hydroxylation is 1. The predicted molar refractivity (Wildman–Crippen MR) is 106 cm³/mol. The molecule has 28 heavy (non-hydrogen) atoms. The molecule has 0 radical (unpaired) electrons. The van der Waals surface area contributed by atoms with E-state index in [0.717, 1.165) is 16.9 Å². The zero-order valence-electron chi connectivity index (χ0n) is 16.0. The maximum atomic E-state index is 13.3. The van der Waals surface area contributed by atoms with Gasteiger partial charge < -0.3 is 10.6 Å². The highest BCUT2D eigenvalue weighted by atomic mass is 19.1. The van der Waals surface area contributed by atoms with Crippen LogP contribution in [0.4, 0.5) is 4.39 Å². The Balaban J connectivity index is 1.61. The van der Waals surface area contributed by atoms with Crippen molar-refractivity contribution in [3.63, 3.8) is 0 Å². The van der Waals surface area contributed by atoms with Crippen molar-refractivity contribution in [3.8, 4) is 5.69 Å². The van der Waals surface area contributed by atoms with Gasteiger partial charge in [-0.05, 0) is 43.7 Å². The molecule has 0 spiro atoms. The summed E-state index contributed by atoms with van der Waals surface area (Å²) in [5.41, 5.74) is 10.2. The van der Waals surface area contributed by atoms with E-state index in [2.05, 4.69) is 17.2 Å². The van der Waals surface area contributed by atoms with E-state index in [-0.39, 0.29) is 23.7 Å². The third-order valence-electron chi connectivity index (χ3n) is 5.46. The Labute approximate surface area is 163 Å². The SMILES string of the molecule is Cc1nn(-c2ccc(F)cc2)c(C)c1C(=O)N1CC(N)C(c2ccccc2)C1. The van der Waals surface area contributed by atoms with Gasteiger partial charge in [-0.1, -0.05) is 30.3 Å². The molecule has 4 rings (SSSR count). The van der Waals surface area contributed by atoms with E-state index in [1.807, 2.05) is 36.9 Å². The summed E-state index contributed by atoms with van der Waals surface area (Å²) in [7, 11) is 0. The van der Waals surface area contributed by atoms with Crippen LogP contribution in [0.5, 0.6) is 0 Å². The van der Waals surface area contributed by atoms with Gasteiger partial charge in [0.25, 0.3) is 5.91 Å². The lowest BCUT2D eigenvalue weighted by molar-refractivity contribution is 0.0787. The van der Waals surface area contributed by atoms with Crippen LogP contribution in [-0.2, 0) is 0 Å². The molecule has 2 N–H and O–H groups in total. The highest BCUT2D eigenvalue weighted by Crippen LogP contribution is 2.29. The quantitative estimate of drug-likeness (QED) is 0.761. The minimum atomic E-state index is -0.306. The van der Waals surface area contributed by atoms with Crippen LogP contribution in [0.3, 0.4) is 0 Å². The summed E-state index contributed by atoms with van der Waals surface area (Å²) in [6.45, 7) is 4.79. The minimum Gasteiger partial charge on any atom is -0.336 e. The first kappa shape index (κ1) is 18.4. The van der Waals surface area contributed by atoms with Crippen molar-refractivity contribution < 1.29 is 9.18 Å². The van der Waals surface area contributed by atoms with Crippen LogP contribution >= 0.6 is 0 Å². The summed E-state index contributed by atoms with van der Waals surface area (Å²) in [5, 5.41) is 4.51. The van der Waals surface area contributed by atoms with E-state index < -0.39 is 0 Å². The number of hydrogen-bond donors (Lipinski definition) is 1. The Bertz CT molecular complexity index is 997. The van der Waals surface area contributed by atoms with Crippen LogP contribution in [0.1, 0.15) is 33.2 Å². The second-order valence-corrected chi connectivity index (χ2v) is 7.33. The van der Waals surface area contributed by atoms with E-state index in [0.29, 0.717) is 24.3 Å². The lowest BCUT2D eigenvalue weighted by Gasteiger charge is -2.17. The molecule has 2 atom stereocenters. The zero-order valence-corrected chi connectivity index (χ0v) is 16.0. The third kappa shape index (κ3) is 3.20. The fraction of sp³-hybridized carbons (Fsp3) is 0.273. The number of carbonyl (C=O) groups is 1. The Morgan fingerprint density at radius 3 is 2.43 bits per heavy atom.